The summed E-state index contributed by atoms with van der Waals surface area (Å²) in [7, 11) is 0. The molecule has 0 saturated heterocycles. The topological polar surface area (TPSA) is 38.1 Å². The number of allylic oxidation sites excluding steroid dienone is 2. The van der Waals surface area contributed by atoms with E-state index in [0.29, 0.717) is 11.1 Å². The first-order valence-electron chi connectivity index (χ1n) is 15.9. The Hall–Kier alpha value is -6.26. The number of carbonyl (C=O) groups is 1. The second-order valence-electron chi connectivity index (χ2n) is 11.9. The molecule has 1 aliphatic carbocycles. The van der Waals surface area contributed by atoms with Crippen LogP contribution < -0.4 is 4.90 Å². The van der Waals surface area contributed by atoms with Crippen molar-refractivity contribution in [2.24, 2.45) is 0 Å². The highest BCUT2D eigenvalue weighted by molar-refractivity contribution is 6.09. The monoisotopic (exact) mass is 603 g/mol. The summed E-state index contributed by atoms with van der Waals surface area (Å²) >= 11 is 0. The maximum absolute atomic E-state index is 13.1. The summed E-state index contributed by atoms with van der Waals surface area (Å²) in [6, 6.07) is 51.1. The number of ketones is 1. The molecule has 1 unspecified atom stereocenters. The maximum atomic E-state index is 13.1. The smallest absolute Gasteiger partial charge is 0.193 e. The molecule has 2 aliphatic rings. The molecule has 0 radical (unpaired) electrons. The average molecular weight is 604 g/mol. The van der Waals surface area contributed by atoms with Gasteiger partial charge >= 0.3 is 0 Å². The third kappa shape index (κ3) is 4.45. The zero-order chi connectivity index (χ0) is 31.3. The van der Waals surface area contributed by atoms with Crippen LogP contribution >= 0.6 is 0 Å². The number of fused-ring (bicyclic) bond motifs is 7. The van der Waals surface area contributed by atoms with E-state index in [4.69, 9.17) is 4.98 Å². The highest BCUT2D eigenvalue weighted by Crippen LogP contribution is 2.49. The molecular formula is C43H29N3O. The Bertz CT molecular complexity index is 2370. The Morgan fingerprint density at radius 2 is 1.32 bits per heavy atom. The molecular weight excluding hydrogens is 574 g/mol. The summed E-state index contributed by atoms with van der Waals surface area (Å²) < 4.78 is 2.41. The van der Waals surface area contributed by atoms with E-state index in [-0.39, 0.29) is 11.8 Å². The standard InChI is InChI=1S/C43H29N3O/c47-43(30-12-3-1-4-13-30)31-24-22-29(23-25-31)37-18-11-21-41(44-37)46-38-19-9-7-16-34(38)32-26-27-36-35-17-8-10-20-39(35)45(42(36)40(46)28-32)33-14-5-2-6-15-33/h1-28,40H. The molecule has 7 aromatic rings. The third-order valence-corrected chi connectivity index (χ3v) is 9.23. The second-order valence-corrected chi connectivity index (χ2v) is 11.9. The maximum Gasteiger partial charge on any atom is 0.193 e. The number of carbonyl (C=O) groups excluding carboxylic acids is 1. The number of benzene rings is 5. The van der Waals surface area contributed by atoms with E-state index in [9.17, 15) is 4.79 Å². The molecule has 47 heavy (non-hydrogen) atoms. The van der Waals surface area contributed by atoms with E-state index >= 15 is 0 Å². The molecule has 0 amide bonds. The van der Waals surface area contributed by atoms with Crippen molar-refractivity contribution in [2.75, 3.05) is 4.90 Å². The number of hydrogen-bond donors (Lipinski definition) is 0. The first kappa shape index (κ1) is 27.1. The van der Waals surface area contributed by atoms with Crippen LogP contribution in [0.4, 0.5) is 11.5 Å². The lowest BCUT2D eigenvalue weighted by molar-refractivity contribution is 0.103. The zero-order valence-electron chi connectivity index (χ0n) is 25.5. The van der Waals surface area contributed by atoms with E-state index in [0.717, 1.165) is 28.5 Å². The minimum atomic E-state index is -0.119. The number of rotatable bonds is 5. The fourth-order valence-electron chi connectivity index (χ4n) is 7.07. The van der Waals surface area contributed by atoms with Crippen molar-refractivity contribution in [3.8, 4) is 16.9 Å². The quantitative estimate of drug-likeness (QED) is 0.184. The van der Waals surface area contributed by atoms with Gasteiger partial charge in [0.2, 0.25) is 0 Å². The molecule has 2 bridgehead atoms. The third-order valence-electron chi connectivity index (χ3n) is 9.23. The van der Waals surface area contributed by atoms with Crippen LogP contribution in [0.3, 0.4) is 0 Å². The van der Waals surface area contributed by atoms with Crippen molar-refractivity contribution in [2.45, 2.75) is 6.04 Å². The highest BCUT2D eigenvalue weighted by Gasteiger charge is 2.35. The van der Waals surface area contributed by atoms with Crippen molar-refractivity contribution < 1.29 is 4.79 Å². The van der Waals surface area contributed by atoms with Gasteiger partial charge in [0.05, 0.1) is 28.6 Å². The Morgan fingerprint density at radius 1 is 0.617 bits per heavy atom. The normalized spacial score (nSPS) is 14.7. The van der Waals surface area contributed by atoms with Gasteiger partial charge in [-0.1, -0.05) is 127 Å². The van der Waals surface area contributed by atoms with E-state index in [1.807, 2.05) is 60.7 Å². The van der Waals surface area contributed by atoms with Gasteiger partial charge in [-0.25, -0.2) is 4.98 Å². The lowest BCUT2D eigenvalue weighted by atomic mass is 9.94. The van der Waals surface area contributed by atoms with Gasteiger partial charge in [-0.05, 0) is 48.0 Å². The van der Waals surface area contributed by atoms with Gasteiger partial charge in [-0.3, -0.25) is 4.79 Å². The van der Waals surface area contributed by atoms with Crippen LogP contribution in [0, 0.1) is 0 Å². The van der Waals surface area contributed by atoms with Gasteiger partial charge in [0.25, 0.3) is 0 Å². The summed E-state index contributed by atoms with van der Waals surface area (Å²) in [6.07, 6.45) is 6.92. The van der Waals surface area contributed by atoms with Crippen LogP contribution in [0.25, 0.3) is 39.5 Å². The molecule has 1 atom stereocenters. The molecule has 3 heterocycles. The van der Waals surface area contributed by atoms with Crippen LogP contribution in [-0.4, -0.2) is 15.3 Å². The lowest BCUT2D eigenvalue weighted by Crippen LogP contribution is -2.28. The first-order valence-corrected chi connectivity index (χ1v) is 15.9. The number of aromatic nitrogens is 2. The van der Waals surface area contributed by atoms with E-state index in [1.54, 1.807) is 0 Å². The largest absolute Gasteiger partial charge is 0.313 e. The number of anilines is 2. The van der Waals surface area contributed by atoms with E-state index in [2.05, 4.69) is 119 Å². The molecule has 0 saturated carbocycles. The summed E-state index contributed by atoms with van der Waals surface area (Å²) in [6.45, 7) is 0. The van der Waals surface area contributed by atoms with Crippen LogP contribution in [0.15, 0.2) is 164 Å². The fourth-order valence-corrected chi connectivity index (χ4v) is 7.07. The Labute approximate surface area is 273 Å². The molecule has 2 aromatic heterocycles. The number of hydrogen-bond acceptors (Lipinski definition) is 3. The highest BCUT2D eigenvalue weighted by atomic mass is 16.1. The molecule has 1 aliphatic heterocycles. The van der Waals surface area contributed by atoms with Gasteiger partial charge in [0.1, 0.15) is 5.82 Å². The average Bonchev–Trinajstić information content (AvgIpc) is 3.39. The Morgan fingerprint density at radius 3 is 2.15 bits per heavy atom. The predicted molar refractivity (Wildman–Crippen MR) is 191 cm³/mol. The van der Waals surface area contributed by atoms with Crippen molar-refractivity contribution in [1.82, 2.24) is 9.55 Å². The van der Waals surface area contributed by atoms with Crippen molar-refractivity contribution in [3.05, 3.63) is 192 Å². The van der Waals surface area contributed by atoms with Crippen LogP contribution in [0.2, 0.25) is 0 Å². The minimum absolute atomic E-state index is 0.0120. The summed E-state index contributed by atoms with van der Waals surface area (Å²) in [5.41, 5.74) is 11.4. The second kappa shape index (κ2) is 11.0. The van der Waals surface area contributed by atoms with Gasteiger partial charge in [-0.2, -0.15) is 0 Å². The Balaban J connectivity index is 1.19. The predicted octanol–water partition coefficient (Wildman–Crippen LogP) is 10.2. The molecule has 4 nitrogen and oxygen atoms in total. The Kier molecular flexibility index (Phi) is 6.32. The molecule has 5 aromatic carbocycles. The molecule has 4 heteroatoms. The van der Waals surface area contributed by atoms with Gasteiger partial charge in [-0.15, -0.1) is 0 Å². The van der Waals surface area contributed by atoms with Gasteiger partial charge in [0, 0.05) is 38.9 Å². The number of nitrogens with zero attached hydrogens (tertiary/aromatic N) is 3. The molecule has 0 N–H and O–H groups in total. The van der Waals surface area contributed by atoms with Crippen molar-refractivity contribution in [3.63, 3.8) is 0 Å². The number of pyridine rings is 1. The molecule has 0 fully saturated rings. The fraction of sp³-hybridized carbons (Fsp3) is 0.0233. The SMILES string of the molecule is O=C(c1ccccc1)c1ccc(-c2cccc(N3c4ccccc4C4=CC3c3c(c5ccccc5n3-c3ccccc3)C=C4)n2)cc1. The first-order chi connectivity index (χ1) is 23.2. The minimum Gasteiger partial charge on any atom is -0.313 e. The van der Waals surface area contributed by atoms with Crippen molar-refractivity contribution in [1.29, 1.82) is 0 Å². The van der Waals surface area contributed by atoms with Gasteiger partial charge < -0.3 is 9.47 Å². The number of para-hydroxylation sites is 3. The van der Waals surface area contributed by atoms with Crippen molar-refractivity contribution >= 4 is 39.8 Å². The summed E-state index contributed by atoms with van der Waals surface area (Å²) in [5, 5.41) is 1.22. The summed E-state index contributed by atoms with van der Waals surface area (Å²) in [4.78, 5) is 20.7. The zero-order valence-corrected chi connectivity index (χ0v) is 25.5. The van der Waals surface area contributed by atoms with Crippen LogP contribution in [-0.2, 0) is 0 Å². The molecule has 0 spiro atoms. The van der Waals surface area contributed by atoms with Crippen LogP contribution in [0.5, 0.6) is 0 Å². The lowest BCUT2D eigenvalue weighted by Gasteiger charge is -2.37. The van der Waals surface area contributed by atoms with E-state index < -0.39 is 0 Å². The summed E-state index contributed by atoms with van der Waals surface area (Å²) in [5.74, 6) is 0.871. The molecule has 222 valence electrons. The molecule has 9 rings (SSSR count). The van der Waals surface area contributed by atoms with Gasteiger partial charge in [0.15, 0.2) is 5.78 Å². The van der Waals surface area contributed by atoms with E-state index in [1.165, 1.54) is 33.3 Å². The van der Waals surface area contributed by atoms with Crippen LogP contribution in [0.1, 0.15) is 38.8 Å².